The second kappa shape index (κ2) is 3.85. The third-order valence-corrected chi connectivity index (χ3v) is 2.73. The molecule has 0 aromatic heterocycles. The molecule has 0 unspecified atom stereocenters. The van der Waals surface area contributed by atoms with Crippen LogP contribution in [0.25, 0.3) is 5.57 Å². The van der Waals surface area contributed by atoms with Gasteiger partial charge in [0.25, 0.3) is 0 Å². The Morgan fingerprint density at radius 1 is 1.19 bits per heavy atom. The number of hydrogen-bond acceptors (Lipinski definition) is 0. The molecule has 0 saturated carbocycles. The first kappa shape index (κ1) is 11.1. The van der Waals surface area contributed by atoms with Crippen molar-refractivity contribution >= 4 is 5.57 Å². The monoisotopic (exact) mass is 220 g/mol. The summed E-state index contributed by atoms with van der Waals surface area (Å²) in [5.74, 6) is -1.54. The third kappa shape index (κ3) is 2.06. The average Bonchev–Trinajstić information content (AvgIpc) is 2.20. The van der Waals surface area contributed by atoms with E-state index in [0.29, 0.717) is 12.0 Å². The summed E-state index contributed by atoms with van der Waals surface area (Å²) in [5.41, 5.74) is 1.13. The summed E-state index contributed by atoms with van der Waals surface area (Å²) in [6.45, 7) is 4.08. The van der Waals surface area contributed by atoms with Gasteiger partial charge in [0, 0.05) is 11.0 Å². The SMILES string of the molecule is CC1(C)C=CCC(c2cccc(F)c2F)=C1. The summed E-state index contributed by atoms with van der Waals surface area (Å²) in [6.07, 6.45) is 6.72. The van der Waals surface area contributed by atoms with Crippen molar-refractivity contribution in [2.45, 2.75) is 20.3 Å². The van der Waals surface area contributed by atoms with Gasteiger partial charge >= 0.3 is 0 Å². The summed E-state index contributed by atoms with van der Waals surface area (Å²) < 4.78 is 26.7. The van der Waals surface area contributed by atoms with Crippen LogP contribution in [0, 0.1) is 17.0 Å². The van der Waals surface area contributed by atoms with E-state index >= 15 is 0 Å². The first-order valence-electron chi connectivity index (χ1n) is 5.33. The molecule has 0 nitrogen and oxygen atoms in total. The van der Waals surface area contributed by atoms with Crippen LogP contribution in [0.3, 0.4) is 0 Å². The Morgan fingerprint density at radius 3 is 2.62 bits per heavy atom. The summed E-state index contributed by atoms with van der Waals surface area (Å²) in [6, 6.07) is 4.31. The van der Waals surface area contributed by atoms with E-state index in [2.05, 4.69) is 6.08 Å². The number of halogens is 2. The van der Waals surface area contributed by atoms with Crippen LogP contribution in [0.15, 0.2) is 36.4 Å². The molecule has 1 aromatic rings. The summed E-state index contributed by atoms with van der Waals surface area (Å²) in [7, 11) is 0. The van der Waals surface area contributed by atoms with Crippen molar-refractivity contribution in [3.63, 3.8) is 0 Å². The molecule has 0 aliphatic heterocycles. The van der Waals surface area contributed by atoms with Gasteiger partial charge in [-0.1, -0.05) is 44.2 Å². The van der Waals surface area contributed by atoms with Gasteiger partial charge < -0.3 is 0 Å². The van der Waals surface area contributed by atoms with Gasteiger partial charge in [-0.2, -0.15) is 0 Å². The maximum atomic E-state index is 13.6. The van der Waals surface area contributed by atoms with Crippen LogP contribution in [0.1, 0.15) is 25.8 Å². The maximum Gasteiger partial charge on any atom is 0.166 e. The van der Waals surface area contributed by atoms with E-state index in [-0.39, 0.29) is 5.41 Å². The molecule has 1 aliphatic rings. The molecule has 0 spiro atoms. The number of allylic oxidation sites excluding steroid dienone is 4. The molecule has 2 heteroatoms. The standard InChI is InChI=1S/C14H14F2/c1-14(2)8-4-5-10(9-14)11-6-3-7-12(15)13(11)16/h3-4,6-9H,5H2,1-2H3. The van der Waals surface area contributed by atoms with Crippen molar-refractivity contribution in [1.82, 2.24) is 0 Å². The van der Waals surface area contributed by atoms with Crippen LogP contribution in [0.2, 0.25) is 0 Å². The van der Waals surface area contributed by atoms with E-state index < -0.39 is 11.6 Å². The minimum Gasteiger partial charge on any atom is -0.204 e. The lowest BCUT2D eigenvalue weighted by Crippen LogP contribution is -2.08. The van der Waals surface area contributed by atoms with E-state index in [1.807, 2.05) is 26.0 Å². The van der Waals surface area contributed by atoms with E-state index in [1.54, 1.807) is 12.1 Å². The molecule has 2 rings (SSSR count). The Kier molecular flexibility index (Phi) is 2.66. The molecule has 0 fully saturated rings. The van der Waals surface area contributed by atoms with Crippen molar-refractivity contribution in [2.24, 2.45) is 5.41 Å². The zero-order chi connectivity index (χ0) is 11.8. The summed E-state index contributed by atoms with van der Waals surface area (Å²) in [5, 5.41) is 0. The highest BCUT2D eigenvalue weighted by atomic mass is 19.2. The van der Waals surface area contributed by atoms with Gasteiger partial charge in [0.1, 0.15) is 0 Å². The van der Waals surface area contributed by atoms with Crippen LogP contribution < -0.4 is 0 Å². The average molecular weight is 220 g/mol. The van der Waals surface area contributed by atoms with Crippen molar-refractivity contribution in [3.8, 4) is 0 Å². The molecule has 0 atom stereocenters. The molecule has 1 aromatic carbocycles. The molecule has 0 heterocycles. The lowest BCUT2D eigenvalue weighted by atomic mass is 9.83. The van der Waals surface area contributed by atoms with Gasteiger partial charge in [0.05, 0.1) is 0 Å². The smallest absolute Gasteiger partial charge is 0.166 e. The van der Waals surface area contributed by atoms with E-state index in [4.69, 9.17) is 0 Å². The first-order chi connectivity index (χ1) is 7.49. The molecule has 16 heavy (non-hydrogen) atoms. The zero-order valence-corrected chi connectivity index (χ0v) is 9.43. The highest BCUT2D eigenvalue weighted by molar-refractivity contribution is 5.69. The molecule has 0 saturated heterocycles. The lowest BCUT2D eigenvalue weighted by molar-refractivity contribution is 0.505. The molecular formula is C14H14F2. The van der Waals surface area contributed by atoms with Crippen LogP contribution in [-0.2, 0) is 0 Å². The van der Waals surface area contributed by atoms with Crippen molar-refractivity contribution in [2.75, 3.05) is 0 Å². The number of hydrogen-bond donors (Lipinski definition) is 0. The van der Waals surface area contributed by atoms with Gasteiger partial charge in [0.2, 0.25) is 0 Å². The predicted octanol–water partition coefficient (Wildman–Crippen LogP) is 4.33. The number of benzene rings is 1. The first-order valence-corrected chi connectivity index (χ1v) is 5.33. The second-order valence-corrected chi connectivity index (χ2v) is 4.70. The minimum atomic E-state index is -0.786. The zero-order valence-electron chi connectivity index (χ0n) is 9.43. The second-order valence-electron chi connectivity index (χ2n) is 4.70. The molecule has 0 N–H and O–H groups in total. The fourth-order valence-corrected chi connectivity index (χ4v) is 1.99. The Bertz CT molecular complexity index is 468. The highest BCUT2D eigenvalue weighted by Gasteiger charge is 2.19. The van der Waals surface area contributed by atoms with Crippen molar-refractivity contribution in [1.29, 1.82) is 0 Å². The summed E-state index contributed by atoms with van der Waals surface area (Å²) in [4.78, 5) is 0. The topological polar surface area (TPSA) is 0 Å². The number of rotatable bonds is 1. The molecule has 84 valence electrons. The van der Waals surface area contributed by atoms with Crippen LogP contribution in [0.4, 0.5) is 8.78 Å². The van der Waals surface area contributed by atoms with Crippen LogP contribution in [-0.4, -0.2) is 0 Å². The lowest BCUT2D eigenvalue weighted by Gasteiger charge is -2.22. The van der Waals surface area contributed by atoms with E-state index in [9.17, 15) is 8.78 Å². The van der Waals surface area contributed by atoms with Crippen molar-refractivity contribution in [3.05, 3.63) is 53.6 Å². The predicted molar refractivity (Wildman–Crippen MR) is 61.9 cm³/mol. The van der Waals surface area contributed by atoms with E-state index in [0.717, 1.165) is 11.6 Å². The highest BCUT2D eigenvalue weighted by Crippen LogP contribution is 2.33. The van der Waals surface area contributed by atoms with Crippen LogP contribution >= 0.6 is 0 Å². The molecular weight excluding hydrogens is 206 g/mol. The quantitative estimate of drug-likeness (QED) is 0.618. The molecule has 0 radical (unpaired) electrons. The maximum absolute atomic E-state index is 13.6. The van der Waals surface area contributed by atoms with Gasteiger partial charge in [-0.15, -0.1) is 0 Å². The largest absolute Gasteiger partial charge is 0.204 e. The summed E-state index contributed by atoms with van der Waals surface area (Å²) >= 11 is 0. The molecule has 0 bridgehead atoms. The fourth-order valence-electron chi connectivity index (χ4n) is 1.99. The van der Waals surface area contributed by atoms with Gasteiger partial charge in [-0.3, -0.25) is 0 Å². The Balaban J connectivity index is 2.46. The van der Waals surface area contributed by atoms with Crippen molar-refractivity contribution < 1.29 is 8.78 Å². The molecule has 1 aliphatic carbocycles. The minimum absolute atomic E-state index is 0.0909. The normalized spacial score (nSPS) is 18.4. The fraction of sp³-hybridized carbons (Fsp3) is 0.286. The molecule has 0 amide bonds. The van der Waals surface area contributed by atoms with Gasteiger partial charge in [0.15, 0.2) is 11.6 Å². The van der Waals surface area contributed by atoms with Crippen LogP contribution in [0.5, 0.6) is 0 Å². The Morgan fingerprint density at radius 2 is 1.94 bits per heavy atom. The third-order valence-electron chi connectivity index (χ3n) is 2.73. The van der Waals surface area contributed by atoms with E-state index in [1.165, 1.54) is 0 Å². The van der Waals surface area contributed by atoms with Gasteiger partial charge in [-0.05, 0) is 18.1 Å². The Labute approximate surface area is 94.3 Å². The van der Waals surface area contributed by atoms with Gasteiger partial charge in [-0.25, -0.2) is 8.78 Å². The Hall–Kier alpha value is -1.44.